The van der Waals surface area contributed by atoms with Crippen LogP contribution in [0.1, 0.15) is 32.8 Å². The Hall–Kier alpha value is -1.75. The van der Waals surface area contributed by atoms with Crippen LogP contribution in [0.15, 0.2) is 30.9 Å². The van der Waals surface area contributed by atoms with E-state index in [9.17, 15) is 0 Å². The quantitative estimate of drug-likeness (QED) is 0.834. The van der Waals surface area contributed by atoms with Crippen molar-refractivity contribution in [3.05, 3.63) is 36.4 Å². The van der Waals surface area contributed by atoms with E-state index in [1.165, 1.54) is 5.56 Å². The first-order valence-corrected chi connectivity index (χ1v) is 6.60. The molecule has 5 nitrogen and oxygen atoms in total. The van der Waals surface area contributed by atoms with Gasteiger partial charge in [0, 0.05) is 24.1 Å². The molecule has 0 aromatic carbocycles. The molecule has 1 N–H and O–H groups in total. The third-order valence-corrected chi connectivity index (χ3v) is 2.69. The van der Waals surface area contributed by atoms with E-state index in [1.807, 2.05) is 12.4 Å². The lowest BCUT2D eigenvalue weighted by molar-refractivity contribution is 0.422. The summed E-state index contributed by atoms with van der Waals surface area (Å²) in [4.78, 5) is 8.34. The third-order valence-electron chi connectivity index (χ3n) is 2.69. The van der Waals surface area contributed by atoms with Crippen LogP contribution < -0.4 is 5.32 Å². The maximum absolute atomic E-state index is 4.29. The number of aryl methyl sites for hydroxylation is 1. The van der Waals surface area contributed by atoms with Gasteiger partial charge in [0.1, 0.15) is 0 Å². The van der Waals surface area contributed by atoms with Crippen molar-refractivity contribution in [3.8, 4) is 5.95 Å². The highest BCUT2D eigenvalue weighted by atomic mass is 15.3. The van der Waals surface area contributed by atoms with Crippen LogP contribution in [0, 0.1) is 0 Å². The number of hydrogen-bond acceptors (Lipinski definition) is 4. The molecular formula is C14H21N5. The Morgan fingerprint density at radius 3 is 2.63 bits per heavy atom. The van der Waals surface area contributed by atoms with Crippen molar-refractivity contribution in [1.82, 2.24) is 25.1 Å². The second-order valence-corrected chi connectivity index (χ2v) is 5.62. The summed E-state index contributed by atoms with van der Waals surface area (Å²) in [5.74, 6) is 0.613. The number of hydrogen-bond donors (Lipinski definition) is 1. The van der Waals surface area contributed by atoms with Crippen molar-refractivity contribution in [3.63, 3.8) is 0 Å². The first-order valence-electron chi connectivity index (χ1n) is 6.60. The molecule has 0 amide bonds. The van der Waals surface area contributed by atoms with Crippen LogP contribution in [0.4, 0.5) is 0 Å². The van der Waals surface area contributed by atoms with Crippen molar-refractivity contribution < 1.29 is 0 Å². The number of aromatic nitrogens is 4. The molecule has 0 unspecified atom stereocenters. The summed E-state index contributed by atoms with van der Waals surface area (Å²) >= 11 is 0. The minimum Gasteiger partial charge on any atom is -0.312 e. The second kappa shape index (κ2) is 5.93. The van der Waals surface area contributed by atoms with E-state index in [4.69, 9.17) is 0 Å². The fourth-order valence-corrected chi connectivity index (χ4v) is 1.76. The van der Waals surface area contributed by atoms with E-state index < -0.39 is 0 Å². The van der Waals surface area contributed by atoms with Crippen LogP contribution >= 0.6 is 0 Å². The number of nitrogens with zero attached hydrogens (tertiary/aromatic N) is 4. The molecule has 0 saturated carbocycles. The fourth-order valence-electron chi connectivity index (χ4n) is 1.76. The molecule has 2 aromatic heterocycles. The van der Waals surface area contributed by atoms with Gasteiger partial charge in [-0.3, -0.25) is 0 Å². The molecule has 0 fully saturated rings. The Balaban J connectivity index is 1.85. The van der Waals surface area contributed by atoms with Gasteiger partial charge < -0.3 is 5.32 Å². The lowest BCUT2D eigenvalue weighted by atomic mass is 10.1. The minimum absolute atomic E-state index is 0.183. The molecule has 2 rings (SSSR count). The highest BCUT2D eigenvalue weighted by Gasteiger charge is 2.08. The van der Waals surface area contributed by atoms with E-state index in [1.54, 1.807) is 23.1 Å². The van der Waals surface area contributed by atoms with Gasteiger partial charge in [0.25, 0.3) is 0 Å². The molecule has 0 aliphatic heterocycles. The van der Waals surface area contributed by atoms with Crippen LogP contribution in [0.25, 0.3) is 5.95 Å². The number of nitrogens with one attached hydrogen (secondary N) is 1. The van der Waals surface area contributed by atoms with Gasteiger partial charge in [0.2, 0.25) is 5.95 Å². The van der Waals surface area contributed by atoms with Crippen molar-refractivity contribution in [1.29, 1.82) is 0 Å². The predicted octanol–water partition coefficient (Wildman–Crippen LogP) is 1.98. The monoisotopic (exact) mass is 259 g/mol. The molecule has 2 aromatic rings. The highest BCUT2D eigenvalue weighted by molar-refractivity contribution is 5.13. The van der Waals surface area contributed by atoms with Crippen LogP contribution in [-0.2, 0) is 6.42 Å². The standard InChI is InChI=1S/C14H21N5/c1-14(2,3)17-9-4-6-12-10-18-19(11-12)13-15-7-5-8-16-13/h5,7-8,10-11,17H,4,6,9H2,1-3H3. The maximum atomic E-state index is 4.29. The summed E-state index contributed by atoms with van der Waals surface area (Å²) in [7, 11) is 0. The van der Waals surface area contributed by atoms with Crippen LogP contribution in [0.3, 0.4) is 0 Å². The summed E-state index contributed by atoms with van der Waals surface area (Å²) in [6, 6.07) is 1.80. The van der Waals surface area contributed by atoms with Crippen molar-refractivity contribution >= 4 is 0 Å². The molecule has 0 aliphatic carbocycles. The van der Waals surface area contributed by atoms with E-state index in [0.717, 1.165) is 19.4 Å². The maximum Gasteiger partial charge on any atom is 0.250 e. The largest absolute Gasteiger partial charge is 0.312 e. The lowest BCUT2D eigenvalue weighted by Crippen LogP contribution is -2.36. The zero-order chi connectivity index (χ0) is 13.7. The highest BCUT2D eigenvalue weighted by Crippen LogP contribution is 2.06. The van der Waals surface area contributed by atoms with E-state index in [2.05, 4.69) is 41.2 Å². The fraction of sp³-hybridized carbons (Fsp3) is 0.500. The zero-order valence-electron chi connectivity index (χ0n) is 11.8. The Morgan fingerprint density at radius 2 is 1.95 bits per heavy atom. The van der Waals surface area contributed by atoms with Gasteiger partial charge in [-0.1, -0.05) is 0 Å². The van der Waals surface area contributed by atoms with Gasteiger partial charge in [-0.05, 0) is 51.8 Å². The second-order valence-electron chi connectivity index (χ2n) is 5.62. The van der Waals surface area contributed by atoms with Crippen molar-refractivity contribution in [2.75, 3.05) is 6.54 Å². The van der Waals surface area contributed by atoms with E-state index in [-0.39, 0.29) is 5.54 Å². The SMILES string of the molecule is CC(C)(C)NCCCc1cnn(-c2ncccn2)c1. The lowest BCUT2D eigenvalue weighted by Gasteiger charge is -2.20. The normalized spacial score (nSPS) is 11.7. The molecule has 19 heavy (non-hydrogen) atoms. The Labute approximate surface area is 114 Å². The first kappa shape index (κ1) is 13.7. The molecule has 5 heteroatoms. The molecule has 0 atom stereocenters. The van der Waals surface area contributed by atoms with Gasteiger partial charge in [-0.15, -0.1) is 0 Å². The van der Waals surface area contributed by atoms with E-state index in [0.29, 0.717) is 5.95 Å². The first-order chi connectivity index (χ1) is 9.04. The van der Waals surface area contributed by atoms with Crippen LogP contribution in [0.5, 0.6) is 0 Å². The molecule has 0 aliphatic rings. The molecule has 0 radical (unpaired) electrons. The summed E-state index contributed by atoms with van der Waals surface area (Å²) in [5.41, 5.74) is 1.39. The topological polar surface area (TPSA) is 55.6 Å². The van der Waals surface area contributed by atoms with E-state index >= 15 is 0 Å². The Bertz CT molecular complexity index is 498. The molecular weight excluding hydrogens is 238 g/mol. The molecule has 2 heterocycles. The smallest absolute Gasteiger partial charge is 0.250 e. The zero-order valence-corrected chi connectivity index (χ0v) is 11.8. The molecule has 0 bridgehead atoms. The van der Waals surface area contributed by atoms with Crippen LogP contribution in [0.2, 0.25) is 0 Å². The van der Waals surface area contributed by atoms with Crippen molar-refractivity contribution in [2.24, 2.45) is 0 Å². The summed E-state index contributed by atoms with van der Waals surface area (Å²) in [6.07, 6.45) is 9.42. The third kappa shape index (κ3) is 4.44. The van der Waals surface area contributed by atoms with Gasteiger partial charge >= 0.3 is 0 Å². The molecule has 102 valence electrons. The van der Waals surface area contributed by atoms with Crippen molar-refractivity contribution in [2.45, 2.75) is 39.2 Å². The van der Waals surface area contributed by atoms with Gasteiger partial charge in [-0.2, -0.15) is 5.10 Å². The van der Waals surface area contributed by atoms with Gasteiger partial charge in [-0.25, -0.2) is 14.6 Å². The van der Waals surface area contributed by atoms with Gasteiger partial charge in [0.15, 0.2) is 0 Å². The number of rotatable bonds is 5. The minimum atomic E-state index is 0.183. The van der Waals surface area contributed by atoms with Gasteiger partial charge in [0.05, 0.1) is 6.20 Å². The molecule has 0 spiro atoms. The Morgan fingerprint density at radius 1 is 1.21 bits per heavy atom. The summed E-state index contributed by atoms with van der Waals surface area (Å²) in [5, 5.41) is 7.76. The van der Waals surface area contributed by atoms with Crippen LogP contribution in [-0.4, -0.2) is 31.8 Å². The summed E-state index contributed by atoms with van der Waals surface area (Å²) in [6.45, 7) is 7.55. The predicted molar refractivity (Wildman–Crippen MR) is 75.2 cm³/mol. The average Bonchev–Trinajstić information content (AvgIpc) is 2.83. The Kier molecular flexibility index (Phi) is 4.27. The summed E-state index contributed by atoms with van der Waals surface area (Å²) < 4.78 is 1.71. The molecule has 0 saturated heterocycles. The average molecular weight is 259 g/mol.